The average Bonchev–Trinajstić information content (AvgIpc) is 2.54. The molecule has 0 unspecified atom stereocenters. The fraction of sp³-hybridized carbons (Fsp3) is 0.444. The predicted molar refractivity (Wildman–Crippen MR) is 98.0 cm³/mol. The van der Waals surface area contributed by atoms with Crippen LogP contribution < -0.4 is 11.1 Å². The van der Waals surface area contributed by atoms with Gasteiger partial charge in [0, 0.05) is 30.1 Å². The number of alkyl halides is 1. The van der Waals surface area contributed by atoms with E-state index in [0.29, 0.717) is 11.8 Å². The van der Waals surface area contributed by atoms with Crippen LogP contribution in [-0.4, -0.2) is 16.5 Å². The summed E-state index contributed by atoms with van der Waals surface area (Å²) in [7, 11) is 0. The van der Waals surface area contributed by atoms with E-state index in [1.54, 1.807) is 0 Å². The first-order valence-corrected chi connectivity index (χ1v) is 8.68. The van der Waals surface area contributed by atoms with Crippen molar-refractivity contribution >= 4 is 23.4 Å². The molecule has 0 fully saturated rings. The number of nitrogens with zero attached hydrogens (tertiary/aromatic N) is 2. The summed E-state index contributed by atoms with van der Waals surface area (Å²) in [5.74, 6) is 1.69. The number of aryl methyl sites for hydroxylation is 1. The van der Waals surface area contributed by atoms with Crippen molar-refractivity contribution in [1.29, 1.82) is 0 Å². The fourth-order valence-electron chi connectivity index (χ4n) is 2.58. The van der Waals surface area contributed by atoms with Crippen molar-refractivity contribution in [3.8, 4) is 0 Å². The van der Waals surface area contributed by atoms with Gasteiger partial charge in [-0.05, 0) is 24.5 Å². The van der Waals surface area contributed by atoms with Gasteiger partial charge in [-0.2, -0.15) is 4.98 Å². The third kappa shape index (κ3) is 5.10. The molecule has 1 heterocycles. The first kappa shape index (κ1) is 17.5. The minimum atomic E-state index is 0.318. The number of nitrogen functional groups attached to an aromatic ring is 1. The van der Waals surface area contributed by atoms with Gasteiger partial charge in [0.2, 0.25) is 5.95 Å². The normalized spacial score (nSPS) is 10.7. The third-order valence-electron chi connectivity index (χ3n) is 3.83. The maximum Gasteiger partial charge on any atom is 0.222 e. The quantitative estimate of drug-likeness (QED) is 0.559. The molecule has 2 aromatic rings. The first-order valence-electron chi connectivity index (χ1n) is 8.14. The van der Waals surface area contributed by atoms with Crippen LogP contribution in [0.25, 0.3) is 0 Å². The molecule has 5 heteroatoms. The third-order valence-corrected chi connectivity index (χ3v) is 4.14. The lowest BCUT2D eigenvalue weighted by Gasteiger charge is -2.14. The summed E-state index contributed by atoms with van der Waals surface area (Å²) < 4.78 is 0. The lowest BCUT2D eigenvalue weighted by Crippen LogP contribution is -2.11. The van der Waals surface area contributed by atoms with Crippen LogP contribution in [-0.2, 0) is 12.3 Å². The van der Waals surface area contributed by atoms with Crippen LogP contribution in [0.15, 0.2) is 24.3 Å². The Kier molecular flexibility index (Phi) is 6.66. The molecule has 1 aromatic carbocycles. The van der Waals surface area contributed by atoms with Crippen LogP contribution in [0.1, 0.15) is 48.6 Å². The molecule has 4 nitrogen and oxygen atoms in total. The van der Waals surface area contributed by atoms with Gasteiger partial charge in [-0.15, -0.1) is 11.6 Å². The largest absolute Gasteiger partial charge is 0.370 e. The SMILES string of the molecule is CCCCCNc1nc(N)nc(C)c1Cc1cccc(CCl)c1. The molecule has 0 aliphatic rings. The number of rotatable bonds is 8. The van der Waals surface area contributed by atoms with E-state index in [0.717, 1.165) is 42.0 Å². The second-order valence-corrected chi connectivity index (χ2v) is 6.03. The minimum absolute atomic E-state index is 0.318. The lowest BCUT2D eigenvalue weighted by molar-refractivity contribution is 0.741. The van der Waals surface area contributed by atoms with Crippen LogP contribution >= 0.6 is 11.6 Å². The van der Waals surface area contributed by atoms with Crippen molar-refractivity contribution in [3.05, 3.63) is 46.6 Å². The van der Waals surface area contributed by atoms with Crippen molar-refractivity contribution in [2.45, 2.75) is 45.4 Å². The number of nitrogens with two attached hydrogens (primary N) is 1. The molecule has 0 aliphatic heterocycles. The van der Waals surface area contributed by atoms with E-state index < -0.39 is 0 Å². The van der Waals surface area contributed by atoms with Crippen LogP contribution in [0.2, 0.25) is 0 Å². The summed E-state index contributed by atoms with van der Waals surface area (Å²) in [5.41, 5.74) is 10.2. The molecular weight excluding hydrogens is 308 g/mol. The van der Waals surface area contributed by atoms with E-state index in [-0.39, 0.29) is 0 Å². The predicted octanol–water partition coefficient (Wildman–Crippen LogP) is 4.30. The van der Waals surface area contributed by atoms with Gasteiger partial charge in [-0.1, -0.05) is 44.0 Å². The second kappa shape index (κ2) is 8.73. The number of anilines is 2. The highest BCUT2D eigenvalue weighted by Gasteiger charge is 2.11. The van der Waals surface area contributed by atoms with Crippen molar-refractivity contribution in [2.75, 3.05) is 17.6 Å². The number of aromatic nitrogens is 2. The van der Waals surface area contributed by atoms with E-state index in [1.165, 1.54) is 18.4 Å². The smallest absolute Gasteiger partial charge is 0.222 e. The maximum absolute atomic E-state index is 5.93. The Morgan fingerprint density at radius 3 is 2.70 bits per heavy atom. The Morgan fingerprint density at radius 2 is 1.96 bits per heavy atom. The van der Waals surface area contributed by atoms with Gasteiger partial charge in [-0.25, -0.2) is 4.98 Å². The van der Waals surface area contributed by atoms with Crippen molar-refractivity contribution < 1.29 is 0 Å². The van der Waals surface area contributed by atoms with Crippen molar-refractivity contribution in [3.63, 3.8) is 0 Å². The Morgan fingerprint density at radius 1 is 1.17 bits per heavy atom. The summed E-state index contributed by atoms with van der Waals surface area (Å²) in [6.07, 6.45) is 4.30. The highest BCUT2D eigenvalue weighted by atomic mass is 35.5. The van der Waals surface area contributed by atoms with E-state index in [9.17, 15) is 0 Å². The summed E-state index contributed by atoms with van der Waals surface area (Å²) in [4.78, 5) is 8.72. The molecular formula is C18H25ClN4. The van der Waals surface area contributed by atoms with Crippen molar-refractivity contribution in [1.82, 2.24) is 9.97 Å². The minimum Gasteiger partial charge on any atom is -0.370 e. The highest BCUT2D eigenvalue weighted by Crippen LogP contribution is 2.22. The van der Waals surface area contributed by atoms with Gasteiger partial charge in [0.15, 0.2) is 0 Å². The standard InChI is InChI=1S/C18H25ClN4/c1-3-4-5-9-21-17-16(13(2)22-18(20)23-17)11-14-7-6-8-15(10-14)12-19/h6-8,10H,3-5,9,11-12H2,1-2H3,(H3,20,21,22,23). The van der Waals surface area contributed by atoms with Gasteiger partial charge in [0.1, 0.15) is 5.82 Å². The molecule has 0 spiro atoms. The summed E-state index contributed by atoms with van der Waals surface area (Å²) in [6.45, 7) is 5.08. The summed E-state index contributed by atoms with van der Waals surface area (Å²) >= 11 is 5.93. The zero-order chi connectivity index (χ0) is 16.7. The lowest BCUT2D eigenvalue weighted by atomic mass is 10.0. The molecule has 3 N–H and O–H groups in total. The molecule has 0 bridgehead atoms. The zero-order valence-electron chi connectivity index (χ0n) is 13.9. The molecule has 124 valence electrons. The molecule has 2 rings (SSSR count). The monoisotopic (exact) mass is 332 g/mol. The van der Waals surface area contributed by atoms with Crippen LogP contribution in [0.4, 0.5) is 11.8 Å². The molecule has 0 radical (unpaired) electrons. The number of halogens is 1. The Labute approximate surface area is 143 Å². The molecule has 23 heavy (non-hydrogen) atoms. The van der Waals surface area contributed by atoms with E-state index in [2.05, 4.69) is 34.3 Å². The van der Waals surface area contributed by atoms with Gasteiger partial charge in [-0.3, -0.25) is 0 Å². The average molecular weight is 333 g/mol. The fourth-order valence-corrected chi connectivity index (χ4v) is 2.75. The topological polar surface area (TPSA) is 63.8 Å². The maximum atomic E-state index is 5.93. The Hall–Kier alpha value is -1.81. The zero-order valence-corrected chi connectivity index (χ0v) is 14.7. The molecule has 1 aromatic heterocycles. The molecule has 0 aliphatic carbocycles. The number of nitrogens with one attached hydrogen (secondary N) is 1. The van der Waals surface area contributed by atoms with Crippen LogP contribution in [0, 0.1) is 6.92 Å². The van der Waals surface area contributed by atoms with Gasteiger partial charge in [0.05, 0.1) is 0 Å². The Balaban J connectivity index is 2.21. The Bertz CT molecular complexity index is 643. The molecule has 0 atom stereocenters. The first-order chi connectivity index (χ1) is 11.1. The van der Waals surface area contributed by atoms with E-state index in [1.807, 2.05) is 19.1 Å². The van der Waals surface area contributed by atoms with E-state index >= 15 is 0 Å². The van der Waals surface area contributed by atoms with Gasteiger partial charge < -0.3 is 11.1 Å². The van der Waals surface area contributed by atoms with Gasteiger partial charge in [0.25, 0.3) is 0 Å². The highest BCUT2D eigenvalue weighted by molar-refractivity contribution is 6.17. The van der Waals surface area contributed by atoms with Crippen molar-refractivity contribution in [2.24, 2.45) is 0 Å². The van der Waals surface area contributed by atoms with Crippen LogP contribution in [0.3, 0.4) is 0 Å². The van der Waals surface area contributed by atoms with Crippen LogP contribution in [0.5, 0.6) is 0 Å². The summed E-state index contributed by atoms with van der Waals surface area (Å²) in [5, 5.41) is 3.42. The molecule has 0 saturated heterocycles. The van der Waals surface area contributed by atoms with Gasteiger partial charge >= 0.3 is 0 Å². The summed E-state index contributed by atoms with van der Waals surface area (Å²) in [6, 6.07) is 8.30. The molecule has 0 saturated carbocycles. The number of benzene rings is 1. The van der Waals surface area contributed by atoms with E-state index in [4.69, 9.17) is 17.3 Å². The second-order valence-electron chi connectivity index (χ2n) is 5.76. The molecule has 0 amide bonds. The number of hydrogen-bond acceptors (Lipinski definition) is 4. The number of hydrogen-bond donors (Lipinski definition) is 2. The number of unbranched alkanes of at least 4 members (excludes halogenated alkanes) is 2.